The summed E-state index contributed by atoms with van der Waals surface area (Å²) in [5.41, 5.74) is 5.61. The van der Waals surface area contributed by atoms with Crippen molar-refractivity contribution in [2.75, 3.05) is 23.0 Å². The quantitative estimate of drug-likeness (QED) is 0.543. The molecule has 0 atom stereocenters. The van der Waals surface area contributed by atoms with Crippen molar-refractivity contribution >= 4 is 35.1 Å². The van der Waals surface area contributed by atoms with Gasteiger partial charge < -0.3 is 15.5 Å². The second kappa shape index (κ2) is 9.27. The number of fused-ring (bicyclic) bond motifs is 1. The number of aryl methyl sites for hydroxylation is 1. The number of benzene rings is 3. The minimum Gasteiger partial charge on any atom is -0.334 e. The van der Waals surface area contributed by atoms with Gasteiger partial charge in [0.1, 0.15) is 0 Å². The zero-order chi connectivity index (χ0) is 21.8. The average Bonchev–Trinajstić information content (AvgIpc) is 3.21. The lowest BCUT2D eigenvalue weighted by molar-refractivity contribution is 0.0989. The maximum Gasteiger partial charge on any atom is 0.319 e. The Balaban J connectivity index is 1.42. The summed E-state index contributed by atoms with van der Waals surface area (Å²) in [4.78, 5) is 28.2. The monoisotopic (exact) mass is 431 g/mol. The van der Waals surface area contributed by atoms with Gasteiger partial charge in [-0.15, -0.1) is 11.8 Å². The molecule has 3 aromatic carbocycles. The fourth-order valence-corrected chi connectivity index (χ4v) is 4.12. The van der Waals surface area contributed by atoms with Crippen LogP contribution in [-0.4, -0.2) is 24.7 Å². The molecular weight excluding hydrogens is 406 g/mol. The van der Waals surface area contributed by atoms with Gasteiger partial charge in [0.2, 0.25) is 0 Å². The number of hydrogen-bond donors (Lipinski definition) is 2. The fourth-order valence-electron chi connectivity index (χ4n) is 3.66. The van der Waals surface area contributed by atoms with Crippen LogP contribution in [-0.2, 0) is 13.0 Å². The van der Waals surface area contributed by atoms with Crippen molar-refractivity contribution < 1.29 is 9.59 Å². The second-order valence-electron chi connectivity index (χ2n) is 7.58. The van der Waals surface area contributed by atoms with Gasteiger partial charge in [0.15, 0.2) is 0 Å². The maximum atomic E-state index is 13.0. The molecule has 5 nitrogen and oxygen atoms in total. The SMILES string of the molecule is CSc1cccc(NC(=O)NCc2ccc3c(c2)N(C(=O)c2ccc(C)cc2)CC3)c1. The Morgan fingerprint density at radius 3 is 2.61 bits per heavy atom. The number of carbonyl (C=O) groups excluding carboxylic acids is 2. The summed E-state index contributed by atoms with van der Waals surface area (Å²) in [5, 5.41) is 5.76. The van der Waals surface area contributed by atoms with Gasteiger partial charge in [-0.25, -0.2) is 4.79 Å². The molecule has 1 aliphatic heterocycles. The van der Waals surface area contributed by atoms with E-state index in [0.717, 1.165) is 39.4 Å². The molecule has 0 saturated carbocycles. The van der Waals surface area contributed by atoms with Gasteiger partial charge in [0.05, 0.1) is 0 Å². The smallest absolute Gasteiger partial charge is 0.319 e. The van der Waals surface area contributed by atoms with E-state index in [9.17, 15) is 9.59 Å². The van der Waals surface area contributed by atoms with E-state index in [0.29, 0.717) is 18.7 Å². The lowest BCUT2D eigenvalue weighted by Gasteiger charge is -2.18. The van der Waals surface area contributed by atoms with Crippen molar-refractivity contribution in [2.24, 2.45) is 0 Å². The van der Waals surface area contributed by atoms with Gasteiger partial charge in [-0.2, -0.15) is 0 Å². The maximum absolute atomic E-state index is 13.0. The Kier molecular flexibility index (Phi) is 6.28. The van der Waals surface area contributed by atoms with E-state index >= 15 is 0 Å². The highest BCUT2D eigenvalue weighted by Crippen LogP contribution is 2.30. The van der Waals surface area contributed by atoms with E-state index in [4.69, 9.17) is 0 Å². The first-order valence-electron chi connectivity index (χ1n) is 10.2. The first kappa shape index (κ1) is 21.0. The third-order valence-corrected chi connectivity index (χ3v) is 6.09. The summed E-state index contributed by atoms with van der Waals surface area (Å²) in [6.45, 7) is 3.06. The summed E-state index contributed by atoms with van der Waals surface area (Å²) in [6, 6.07) is 21.2. The Morgan fingerprint density at radius 1 is 1.03 bits per heavy atom. The normalized spacial score (nSPS) is 12.4. The van der Waals surface area contributed by atoms with Gasteiger partial charge in [-0.3, -0.25) is 4.79 Å². The van der Waals surface area contributed by atoms with Crippen LogP contribution >= 0.6 is 11.8 Å². The number of thioether (sulfide) groups is 1. The molecular formula is C25H25N3O2S. The summed E-state index contributed by atoms with van der Waals surface area (Å²) >= 11 is 1.63. The zero-order valence-corrected chi connectivity index (χ0v) is 18.5. The molecule has 0 unspecified atom stereocenters. The number of nitrogens with zero attached hydrogens (tertiary/aromatic N) is 1. The molecule has 31 heavy (non-hydrogen) atoms. The first-order valence-corrected chi connectivity index (χ1v) is 11.5. The van der Waals surface area contributed by atoms with Gasteiger partial charge in [0, 0.05) is 34.9 Å². The lowest BCUT2D eigenvalue weighted by atomic mass is 10.1. The topological polar surface area (TPSA) is 61.4 Å². The van der Waals surface area contributed by atoms with Crippen molar-refractivity contribution in [1.82, 2.24) is 5.32 Å². The van der Waals surface area contributed by atoms with Gasteiger partial charge in [0.25, 0.3) is 5.91 Å². The van der Waals surface area contributed by atoms with E-state index in [-0.39, 0.29) is 11.9 Å². The molecule has 0 spiro atoms. The number of carbonyl (C=O) groups is 2. The van der Waals surface area contributed by atoms with Crippen molar-refractivity contribution in [3.8, 4) is 0 Å². The van der Waals surface area contributed by atoms with E-state index in [2.05, 4.69) is 16.7 Å². The molecule has 0 aromatic heterocycles. The van der Waals surface area contributed by atoms with Crippen molar-refractivity contribution in [3.05, 3.63) is 89.0 Å². The van der Waals surface area contributed by atoms with Crippen LogP contribution in [0.1, 0.15) is 27.0 Å². The highest BCUT2D eigenvalue weighted by atomic mass is 32.2. The summed E-state index contributed by atoms with van der Waals surface area (Å²) in [6.07, 6.45) is 2.84. The van der Waals surface area contributed by atoms with Gasteiger partial charge in [-0.05, 0) is 67.1 Å². The fraction of sp³-hybridized carbons (Fsp3) is 0.200. The molecule has 6 heteroatoms. The van der Waals surface area contributed by atoms with E-state index in [1.54, 1.807) is 11.8 Å². The number of hydrogen-bond acceptors (Lipinski definition) is 3. The Hall–Kier alpha value is -3.25. The molecule has 1 heterocycles. The van der Waals surface area contributed by atoms with Crippen molar-refractivity contribution in [1.29, 1.82) is 0 Å². The third kappa shape index (κ3) is 4.91. The summed E-state index contributed by atoms with van der Waals surface area (Å²) in [7, 11) is 0. The van der Waals surface area contributed by atoms with Crippen molar-refractivity contribution in [3.63, 3.8) is 0 Å². The number of anilines is 2. The molecule has 0 bridgehead atoms. The molecule has 1 aliphatic rings. The van der Waals surface area contributed by atoms with Gasteiger partial charge >= 0.3 is 6.03 Å². The molecule has 4 rings (SSSR count). The van der Waals surface area contributed by atoms with Crippen molar-refractivity contribution in [2.45, 2.75) is 24.8 Å². The van der Waals surface area contributed by atoms with Crippen LogP contribution < -0.4 is 15.5 Å². The molecule has 0 aliphatic carbocycles. The highest BCUT2D eigenvalue weighted by molar-refractivity contribution is 7.98. The Morgan fingerprint density at radius 2 is 1.84 bits per heavy atom. The number of urea groups is 1. The second-order valence-corrected chi connectivity index (χ2v) is 8.46. The largest absolute Gasteiger partial charge is 0.334 e. The standard InChI is InChI=1S/C25H25N3O2S/c1-17-6-9-20(10-7-17)24(29)28-13-12-19-11-8-18(14-23(19)28)16-26-25(30)27-21-4-3-5-22(15-21)31-2/h3-11,14-15H,12-13,16H2,1-2H3,(H2,26,27,30). The van der Waals surface area contributed by atoms with Crippen LogP contribution in [0.5, 0.6) is 0 Å². The Bertz CT molecular complexity index is 1110. The Labute approximate surface area is 186 Å². The van der Waals surface area contributed by atoms with E-state index in [1.165, 1.54) is 0 Å². The molecule has 0 saturated heterocycles. The number of amides is 3. The molecule has 158 valence electrons. The van der Waals surface area contributed by atoms with E-state index < -0.39 is 0 Å². The average molecular weight is 432 g/mol. The van der Waals surface area contributed by atoms with Gasteiger partial charge in [-0.1, -0.05) is 35.9 Å². The number of nitrogens with one attached hydrogen (secondary N) is 2. The third-order valence-electron chi connectivity index (χ3n) is 5.37. The van der Waals surface area contributed by atoms with Crippen LogP contribution in [0.25, 0.3) is 0 Å². The lowest BCUT2D eigenvalue weighted by Crippen LogP contribution is -2.29. The molecule has 0 radical (unpaired) electrons. The van der Waals surface area contributed by atoms with Crippen LogP contribution in [0.2, 0.25) is 0 Å². The zero-order valence-electron chi connectivity index (χ0n) is 17.6. The van der Waals surface area contributed by atoms with Crippen LogP contribution in [0.3, 0.4) is 0 Å². The van der Waals surface area contributed by atoms with E-state index in [1.807, 2.05) is 78.7 Å². The summed E-state index contributed by atoms with van der Waals surface area (Å²) < 4.78 is 0. The predicted molar refractivity (Wildman–Crippen MR) is 127 cm³/mol. The predicted octanol–water partition coefficient (Wildman–Crippen LogP) is 5.24. The molecule has 3 amide bonds. The minimum absolute atomic E-state index is 0.00952. The number of rotatable bonds is 5. The van der Waals surface area contributed by atoms with Crippen LogP contribution in [0, 0.1) is 6.92 Å². The first-order chi connectivity index (χ1) is 15.0. The molecule has 3 aromatic rings. The van der Waals surface area contributed by atoms with Crippen LogP contribution in [0.15, 0.2) is 71.6 Å². The van der Waals surface area contributed by atoms with Crippen LogP contribution in [0.4, 0.5) is 16.2 Å². The highest BCUT2D eigenvalue weighted by Gasteiger charge is 2.25. The molecule has 2 N–H and O–H groups in total. The summed E-state index contributed by atoms with van der Waals surface area (Å²) in [5.74, 6) is 0.00952. The minimum atomic E-state index is -0.258. The molecule has 0 fully saturated rings.